The van der Waals surface area contributed by atoms with E-state index < -0.39 is 82.1 Å². The molecule has 5 fully saturated rings. The van der Waals surface area contributed by atoms with Gasteiger partial charge in [0.05, 0.1) is 20.7 Å². The Hall–Kier alpha value is -4.11. The van der Waals surface area contributed by atoms with Crippen LogP contribution in [0.5, 0.6) is 11.8 Å². The first-order chi connectivity index (χ1) is 23.5. The van der Waals surface area contributed by atoms with Crippen LogP contribution in [0.15, 0.2) is 35.1 Å². The predicted molar refractivity (Wildman–Crippen MR) is 160 cm³/mol. The van der Waals surface area contributed by atoms with Crippen molar-refractivity contribution in [1.82, 2.24) is 24.8 Å². The number of piperazine rings is 1. The van der Waals surface area contributed by atoms with Gasteiger partial charge in [-0.15, -0.1) is 0 Å². The highest BCUT2D eigenvalue weighted by Crippen LogP contribution is 2.42. The van der Waals surface area contributed by atoms with E-state index in [-0.39, 0.29) is 52.8 Å². The molecule has 248 valence electrons. The summed E-state index contributed by atoms with van der Waals surface area (Å²) in [7, 11) is 0. The van der Waals surface area contributed by atoms with Crippen LogP contribution in [0.2, 0.25) is 0 Å². The van der Waals surface area contributed by atoms with Crippen LogP contribution in [0.25, 0.3) is 27.4 Å². The normalized spacial score (nSPS) is 28.9. The van der Waals surface area contributed by atoms with Gasteiger partial charge in [-0.05, 0) is 55.8 Å². The van der Waals surface area contributed by atoms with Gasteiger partial charge in [-0.3, -0.25) is 14.3 Å². The van der Waals surface area contributed by atoms with Crippen LogP contribution < -0.4 is 20.5 Å². The SMILES string of the molecule is [2H]C([2H])(Oc1nc(N2CC3CCC2CN3)c2cc(C(F)(F)F)n(-c3cc(O)cc4ccc(F)c(F)c34)c(=O)c2n1)[C@@]12CCCN1C[C@]([2H])(F)C2. The number of phenolic OH excluding ortho intramolecular Hbond substituents is 1. The Morgan fingerprint density at radius 2 is 2.00 bits per heavy atom. The minimum Gasteiger partial charge on any atom is -0.508 e. The molecule has 5 aliphatic rings. The maximum atomic E-state index is 15.3. The van der Waals surface area contributed by atoms with Crippen LogP contribution in [0.4, 0.5) is 32.2 Å². The first-order valence-corrected chi connectivity index (χ1v) is 15.3. The van der Waals surface area contributed by atoms with Crippen molar-refractivity contribution in [2.75, 3.05) is 37.6 Å². The Morgan fingerprint density at radius 3 is 2.72 bits per heavy atom. The van der Waals surface area contributed by atoms with Crippen molar-refractivity contribution in [1.29, 1.82) is 0 Å². The number of nitrogens with one attached hydrogen (secondary N) is 1. The van der Waals surface area contributed by atoms with Gasteiger partial charge in [0.2, 0.25) is 0 Å². The number of aromatic nitrogens is 3. The lowest BCUT2D eigenvalue weighted by molar-refractivity contribution is -0.142. The molecule has 0 radical (unpaired) electrons. The third kappa shape index (κ3) is 4.88. The zero-order valence-electron chi connectivity index (χ0n) is 27.7. The Bertz CT molecular complexity index is 2130. The van der Waals surface area contributed by atoms with Crippen LogP contribution in [0.1, 0.15) is 41.9 Å². The first kappa shape index (κ1) is 26.9. The van der Waals surface area contributed by atoms with Crippen molar-refractivity contribution < 1.29 is 40.3 Å². The fourth-order valence-corrected chi connectivity index (χ4v) is 7.60. The van der Waals surface area contributed by atoms with E-state index in [2.05, 4.69) is 15.3 Å². The van der Waals surface area contributed by atoms with Crippen molar-refractivity contribution in [2.24, 2.45) is 0 Å². The zero-order valence-corrected chi connectivity index (χ0v) is 24.7. The third-order valence-corrected chi connectivity index (χ3v) is 9.76. The summed E-state index contributed by atoms with van der Waals surface area (Å²) in [5.74, 6) is -3.71. The Kier molecular flexibility index (Phi) is 6.13. The first-order valence-electron chi connectivity index (χ1n) is 16.8. The number of nitrogens with zero attached hydrogens (tertiary/aromatic N) is 5. The molecule has 2 N–H and O–H groups in total. The molecule has 4 atom stereocenters. The number of ether oxygens (including phenoxy) is 1. The molecule has 5 saturated heterocycles. The molecule has 2 aromatic heterocycles. The van der Waals surface area contributed by atoms with Crippen molar-refractivity contribution in [3.8, 4) is 17.4 Å². The summed E-state index contributed by atoms with van der Waals surface area (Å²) in [4.78, 5) is 26.2. The Morgan fingerprint density at radius 1 is 1.17 bits per heavy atom. The second-order valence-corrected chi connectivity index (χ2v) is 12.6. The van der Waals surface area contributed by atoms with E-state index in [0.717, 1.165) is 24.6 Å². The topological polar surface area (TPSA) is 95.8 Å². The van der Waals surface area contributed by atoms with E-state index in [1.807, 2.05) is 0 Å². The fourth-order valence-electron chi connectivity index (χ4n) is 7.60. The monoisotopic (exact) mass is 663 g/mol. The van der Waals surface area contributed by atoms with Crippen molar-refractivity contribution >= 4 is 27.5 Å². The molecule has 4 aromatic rings. The van der Waals surface area contributed by atoms with Crippen LogP contribution >= 0.6 is 0 Å². The molecular weight excluding hydrogens is 630 g/mol. The Balaban J connectivity index is 1.39. The van der Waals surface area contributed by atoms with Gasteiger partial charge in [0.1, 0.15) is 35.5 Å². The van der Waals surface area contributed by atoms with Gasteiger partial charge in [-0.2, -0.15) is 23.1 Å². The summed E-state index contributed by atoms with van der Waals surface area (Å²) in [5.41, 5.74) is -6.07. The summed E-state index contributed by atoms with van der Waals surface area (Å²) in [5, 5.41) is 12.5. The number of hydrogen-bond acceptors (Lipinski definition) is 8. The lowest BCUT2D eigenvalue weighted by Crippen LogP contribution is -2.61. The number of halogens is 6. The quantitative estimate of drug-likeness (QED) is 0.294. The number of anilines is 1. The molecule has 0 saturated carbocycles. The summed E-state index contributed by atoms with van der Waals surface area (Å²) < 4.78 is 121. The second kappa shape index (κ2) is 10.7. The molecule has 9 nitrogen and oxygen atoms in total. The maximum absolute atomic E-state index is 15.3. The van der Waals surface area contributed by atoms with E-state index in [4.69, 9.17) is 8.85 Å². The van der Waals surface area contributed by atoms with Gasteiger partial charge in [0.25, 0.3) is 5.56 Å². The number of aromatic hydroxyl groups is 1. The lowest BCUT2D eigenvalue weighted by Gasteiger charge is -2.46. The highest BCUT2D eigenvalue weighted by molar-refractivity contribution is 5.94. The van der Waals surface area contributed by atoms with E-state index >= 15 is 4.39 Å². The van der Waals surface area contributed by atoms with E-state index in [9.17, 15) is 31.9 Å². The molecule has 7 heterocycles. The summed E-state index contributed by atoms with van der Waals surface area (Å²) >= 11 is 0. The smallest absolute Gasteiger partial charge is 0.431 e. The molecule has 0 spiro atoms. The number of piperidine rings is 2. The largest absolute Gasteiger partial charge is 0.508 e. The minimum absolute atomic E-state index is 0.0565. The van der Waals surface area contributed by atoms with Gasteiger partial charge >= 0.3 is 12.2 Å². The molecular formula is C32H30F6N6O3. The summed E-state index contributed by atoms with van der Waals surface area (Å²) in [6, 6.07) is 3.08. The molecule has 47 heavy (non-hydrogen) atoms. The molecule has 0 aliphatic carbocycles. The van der Waals surface area contributed by atoms with E-state index in [1.54, 1.807) is 4.90 Å². The van der Waals surface area contributed by atoms with Crippen LogP contribution in [0.3, 0.4) is 0 Å². The van der Waals surface area contributed by atoms with Gasteiger partial charge in [-0.25, -0.2) is 13.2 Å². The summed E-state index contributed by atoms with van der Waals surface area (Å²) in [6.45, 7) is -2.03. The molecule has 15 heteroatoms. The molecule has 0 amide bonds. The third-order valence-electron chi connectivity index (χ3n) is 9.76. The van der Waals surface area contributed by atoms with Crippen LogP contribution in [-0.4, -0.2) is 81.0 Å². The van der Waals surface area contributed by atoms with E-state index in [1.165, 1.54) is 4.90 Å². The fraction of sp³-hybridized carbons (Fsp3) is 0.469. The van der Waals surface area contributed by atoms with Crippen molar-refractivity contribution in [3.05, 3.63) is 58.0 Å². The number of phenols is 1. The average molecular weight is 664 g/mol. The summed E-state index contributed by atoms with van der Waals surface area (Å²) in [6.07, 6.45) is -6.18. The second-order valence-electron chi connectivity index (χ2n) is 12.6. The molecule has 9 rings (SSSR count). The van der Waals surface area contributed by atoms with Gasteiger partial charge in [0.15, 0.2) is 11.6 Å². The standard InChI is InChI=1S/C32H30F6N6O3/c33-17-11-31(6-1-7-42(31)13-17)15-47-30-40-27-21(28(41-30)43-14-18-3-4-19(43)12-39-18)10-24(32(36,37)38)44(29(27)46)23-9-20(45)8-16-2-5-22(34)26(35)25(16)23/h2,5,8-10,17-19,39,45H,1,3-4,6-7,11-15H2/t17-,18?,19?,31+/m1/s1/i15D2,17D. The van der Waals surface area contributed by atoms with Crippen molar-refractivity contribution in [2.45, 2.75) is 62.1 Å². The molecule has 2 bridgehead atoms. The van der Waals surface area contributed by atoms with E-state index in [0.29, 0.717) is 38.1 Å². The molecule has 5 aliphatic heterocycles. The minimum atomic E-state index is -5.25. The highest BCUT2D eigenvalue weighted by atomic mass is 19.4. The number of benzene rings is 2. The number of fused-ring (bicyclic) bond motifs is 6. The van der Waals surface area contributed by atoms with Crippen molar-refractivity contribution in [3.63, 3.8) is 0 Å². The highest BCUT2D eigenvalue weighted by Gasteiger charge is 2.49. The van der Waals surface area contributed by atoms with Gasteiger partial charge in [-0.1, -0.05) is 6.07 Å². The predicted octanol–water partition coefficient (Wildman–Crippen LogP) is 4.83. The van der Waals surface area contributed by atoms with Crippen LogP contribution in [-0.2, 0) is 6.18 Å². The van der Waals surface area contributed by atoms with Gasteiger partial charge < -0.3 is 20.1 Å². The number of hydrogen-bond donors (Lipinski definition) is 2. The lowest BCUT2D eigenvalue weighted by atomic mass is 9.93. The average Bonchev–Trinajstić information content (AvgIpc) is 3.56. The Labute approximate surface area is 268 Å². The zero-order chi connectivity index (χ0) is 35.5. The number of rotatable bonds is 5. The number of alkyl halides is 4. The molecule has 2 unspecified atom stereocenters. The van der Waals surface area contributed by atoms with Gasteiger partial charge in [0, 0.05) is 49.6 Å². The van der Waals surface area contributed by atoms with Crippen LogP contribution in [0, 0.1) is 11.6 Å². The number of pyridine rings is 1. The molecule has 2 aromatic carbocycles. The maximum Gasteiger partial charge on any atom is 0.431 e.